The summed E-state index contributed by atoms with van der Waals surface area (Å²) in [7, 11) is -1.46. The average Bonchev–Trinajstić information content (AvgIpc) is 3.25. The van der Waals surface area contributed by atoms with Crippen molar-refractivity contribution in [1.82, 2.24) is 24.3 Å². The van der Waals surface area contributed by atoms with Crippen molar-refractivity contribution in [2.45, 2.75) is 10.6 Å². The van der Waals surface area contributed by atoms with E-state index < -0.39 is 10.0 Å². The highest BCUT2D eigenvalue weighted by molar-refractivity contribution is 7.91. The van der Waals surface area contributed by atoms with Gasteiger partial charge in [0.25, 0.3) is 10.0 Å². The van der Waals surface area contributed by atoms with Crippen molar-refractivity contribution in [3.63, 3.8) is 0 Å². The van der Waals surface area contributed by atoms with E-state index in [1.54, 1.807) is 17.5 Å². The second-order valence-electron chi connectivity index (χ2n) is 7.36. The lowest BCUT2D eigenvalue weighted by molar-refractivity contribution is -0.131. The largest absolute Gasteiger partial charge is 0.340 e. The van der Waals surface area contributed by atoms with E-state index in [1.807, 2.05) is 4.90 Å². The SMILES string of the molecule is CN1CCN(CCN(CCC(=O)N2CCNCC2)S(=O)(=O)c2cccs2)CC1. The Morgan fingerprint density at radius 1 is 1.14 bits per heavy atom. The zero-order chi connectivity index (χ0) is 20.0. The van der Waals surface area contributed by atoms with Crippen molar-refractivity contribution in [1.29, 1.82) is 0 Å². The summed E-state index contributed by atoms with van der Waals surface area (Å²) in [6.07, 6.45) is 0.230. The number of sulfonamides is 1. The van der Waals surface area contributed by atoms with Gasteiger partial charge in [0, 0.05) is 78.4 Å². The van der Waals surface area contributed by atoms with Gasteiger partial charge in [-0.3, -0.25) is 9.69 Å². The van der Waals surface area contributed by atoms with Crippen molar-refractivity contribution < 1.29 is 13.2 Å². The third kappa shape index (κ3) is 5.74. The fourth-order valence-corrected chi connectivity index (χ4v) is 6.08. The number of thiophene rings is 1. The third-order valence-corrected chi connectivity index (χ3v) is 8.67. The topological polar surface area (TPSA) is 76.2 Å². The van der Waals surface area contributed by atoms with Crippen LogP contribution in [-0.4, -0.2) is 112 Å². The van der Waals surface area contributed by atoms with Gasteiger partial charge in [-0.15, -0.1) is 11.3 Å². The highest BCUT2D eigenvalue weighted by Crippen LogP contribution is 2.21. The monoisotopic (exact) mass is 429 g/mol. The number of piperazine rings is 2. The summed E-state index contributed by atoms with van der Waals surface area (Å²) in [4.78, 5) is 18.9. The van der Waals surface area contributed by atoms with Gasteiger partial charge in [-0.25, -0.2) is 8.42 Å². The zero-order valence-corrected chi connectivity index (χ0v) is 18.2. The number of hydrogen-bond acceptors (Lipinski definition) is 7. The number of likely N-dealkylation sites (N-methyl/N-ethyl adjacent to an activating group) is 1. The molecule has 0 unspecified atom stereocenters. The molecule has 8 nitrogen and oxygen atoms in total. The molecule has 1 aromatic rings. The van der Waals surface area contributed by atoms with Gasteiger partial charge in [-0.05, 0) is 18.5 Å². The molecular weight excluding hydrogens is 398 g/mol. The quantitative estimate of drug-likeness (QED) is 0.617. The van der Waals surface area contributed by atoms with Crippen LogP contribution in [0.1, 0.15) is 6.42 Å². The van der Waals surface area contributed by atoms with Gasteiger partial charge in [0.05, 0.1) is 0 Å². The van der Waals surface area contributed by atoms with Crippen molar-refractivity contribution in [3.05, 3.63) is 17.5 Å². The van der Waals surface area contributed by atoms with Gasteiger partial charge < -0.3 is 15.1 Å². The molecule has 1 N–H and O–H groups in total. The van der Waals surface area contributed by atoms with Crippen LogP contribution in [0, 0.1) is 0 Å². The maximum atomic E-state index is 13.1. The van der Waals surface area contributed by atoms with Crippen LogP contribution >= 0.6 is 11.3 Å². The number of carbonyl (C=O) groups is 1. The molecule has 2 saturated heterocycles. The number of nitrogens with one attached hydrogen (secondary N) is 1. The summed E-state index contributed by atoms with van der Waals surface area (Å²) in [5.41, 5.74) is 0. The van der Waals surface area contributed by atoms with Crippen LogP contribution in [0.15, 0.2) is 21.7 Å². The van der Waals surface area contributed by atoms with E-state index in [2.05, 4.69) is 22.2 Å². The lowest BCUT2D eigenvalue weighted by atomic mass is 10.3. The van der Waals surface area contributed by atoms with Crippen molar-refractivity contribution in [3.8, 4) is 0 Å². The molecule has 2 aliphatic heterocycles. The molecule has 0 aliphatic carbocycles. The molecule has 1 aromatic heterocycles. The predicted molar refractivity (Wildman–Crippen MR) is 111 cm³/mol. The normalized spacial score (nSPS) is 20.0. The molecule has 2 aliphatic rings. The zero-order valence-electron chi connectivity index (χ0n) is 16.5. The molecule has 2 fully saturated rings. The van der Waals surface area contributed by atoms with E-state index >= 15 is 0 Å². The van der Waals surface area contributed by atoms with Crippen LogP contribution in [0.4, 0.5) is 0 Å². The molecule has 0 radical (unpaired) electrons. The Hall–Kier alpha value is -1.04. The van der Waals surface area contributed by atoms with Crippen molar-refractivity contribution in [2.24, 2.45) is 0 Å². The fraction of sp³-hybridized carbons (Fsp3) is 0.722. The van der Waals surface area contributed by atoms with Gasteiger partial charge >= 0.3 is 0 Å². The fourth-order valence-electron chi connectivity index (χ4n) is 3.51. The van der Waals surface area contributed by atoms with Crippen LogP contribution in [0.2, 0.25) is 0 Å². The maximum absolute atomic E-state index is 13.1. The van der Waals surface area contributed by atoms with Gasteiger partial charge in [0.15, 0.2) is 0 Å². The van der Waals surface area contributed by atoms with E-state index in [9.17, 15) is 13.2 Å². The Labute approximate surface area is 172 Å². The van der Waals surface area contributed by atoms with E-state index in [4.69, 9.17) is 0 Å². The van der Waals surface area contributed by atoms with Gasteiger partial charge in [-0.2, -0.15) is 4.31 Å². The third-order valence-electron chi connectivity index (χ3n) is 5.40. The Bertz CT molecular complexity index is 712. The molecule has 158 valence electrons. The smallest absolute Gasteiger partial charge is 0.252 e. The summed E-state index contributed by atoms with van der Waals surface area (Å²) in [5.74, 6) is 0.0347. The summed E-state index contributed by atoms with van der Waals surface area (Å²) >= 11 is 1.23. The first-order valence-electron chi connectivity index (χ1n) is 9.90. The minimum atomic E-state index is -3.56. The molecule has 0 saturated carbocycles. The molecular formula is C18H31N5O3S2. The van der Waals surface area contributed by atoms with Crippen LogP contribution in [0.25, 0.3) is 0 Å². The number of amides is 1. The Morgan fingerprint density at radius 3 is 2.50 bits per heavy atom. The molecule has 1 amide bonds. The Morgan fingerprint density at radius 2 is 1.86 bits per heavy atom. The summed E-state index contributed by atoms with van der Waals surface area (Å²) in [6.45, 7) is 8.22. The number of nitrogens with zero attached hydrogens (tertiary/aromatic N) is 4. The first-order chi connectivity index (χ1) is 13.5. The lowest BCUT2D eigenvalue weighted by Gasteiger charge is -2.34. The molecule has 0 aromatic carbocycles. The van der Waals surface area contributed by atoms with Crippen LogP contribution < -0.4 is 5.32 Å². The van der Waals surface area contributed by atoms with E-state index in [1.165, 1.54) is 15.6 Å². The Kier molecular flexibility index (Phi) is 7.84. The highest BCUT2D eigenvalue weighted by atomic mass is 32.2. The van der Waals surface area contributed by atoms with Gasteiger partial charge in [-0.1, -0.05) is 6.07 Å². The average molecular weight is 430 g/mol. The summed E-state index contributed by atoms with van der Waals surface area (Å²) in [5, 5.41) is 5.00. The van der Waals surface area contributed by atoms with E-state index in [0.29, 0.717) is 30.4 Å². The van der Waals surface area contributed by atoms with Gasteiger partial charge in [0.2, 0.25) is 5.91 Å². The number of rotatable bonds is 8. The molecule has 0 atom stereocenters. The Balaban J connectivity index is 1.61. The predicted octanol–water partition coefficient (Wildman–Crippen LogP) is -0.192. The second-order valence-corrected chi connectivity index (χ2v) is 10.5. The number of carbonyl (C=O) groups excluding carboxylic acids is 1. The minimum absolute atomic E-state index is 0.0347. The van der Waals surface area contributed by atoms with Crippen LogP contribution in [0.3, 0.4) is 0 Å². The van der Waals surface area contributed by atoms with Crippen LogP contribution in [0.5, 0.6) is 0 Å². The molecule has 3 rings (SSSR count). The van der Waals surface area contributed by atoms with E-state index in [0.717, 1.165) is 39.3 Å². The van der Waals surface area contributed by atoms with Crippen molar-refractivity contribution in [2.75, 3.05) is 79.0 Å². The number of hydrogen-bond donors (Lipinski definition) is 1. The first-order valence-corrected chi connectivity index (χ1v) is 12.2. The second kappa shape index (κ2) is 10.1. The van der Waals surface area contributed by atoms with E-state index in [-0.39, 0.29) is 18.9 Å². The molecule has 28 heavy (non-hydrogen) atoms. The molecule has 0 spiro atoms. The van der Waals surface area contributed by atoms with Crippen molar-refractivity contribution >= 4 is 27.3 Å². The minimum Gasteiger partial charge on any atom is -0.340 e. The summed E-state index contributed by atoms with van der Waals surface area (Å²) < 4.78 is 28.0. The standard InChI is InChI=1S/C18H31N5O3S2/c1-20-10-12-21(13-11-20)14-15-23(28(25,26)18-3-2-16-27-18)7-4-17(24)22-8-5-19-6-9-22/h2-3,16,19H,4-15H2,1H3. The molecule has 3 heterocycles. The highest BCUT2D eigenvalue weighted by Gasteiger charge is 2.28. The lowest BCUT2D eigenvalue weighted by Crippen LogP contribution is -2.49. The van der Waals surface area contributed by atoms with Crippen LogP contribution in [-0.2, 0) is 14.8 Å². The summed E-state index contributed by atoms with van der Waals surface area (Å²) in [6, 6.07) is 3.39. The maximum Gasteiger partial charge on any atom is 0.252 e. The van der Waals surface area contributed by atoms with Gasteiger partial charge in [0.1, 0.15) is 4.21 Å². The molecule has 0 bridgehead atoms. The first kappa shape index (κ1) is 21.7. The molecule has 10 heteroatoms.